The first-order valence-corrected chi connectivity index (χ1v) is 5.21. The molecular weight excluding hydrogens is 230 g/mol. The van der Waals surface area contributed by atoms with E-state index in [1.165, 1.54) is 0 Å². The van der Waals surface area contributed by atoms with Gasteiger partial charge < -0.3 is 5.48 Å². The Morgan fingerprint density at radius 2 is 1.10 bits per heavy atom. The predicted octanol–water partition coefficient (Wildman–Crippen LogP) is -2.89. The van der Waals surface area contributed by atoms with Gasteiger partial charge in [-0.2, -0.15) is 0 Å². The first kappa shape index (κ1) is 22.9. The van der Waals surface area contributed by atoms with Crippen molar-refractivity contribution in [1.82, 2.24) is 0 Å². The molecule has 0 heterocycles. The van der Waals surface area contributed by atoms with E-state index >= 15 is 0 Å². The number of hydrogen-bond acceptors (Lipinski definition) is 5. The normalized spacial score (nSPS) is 3.20. The second-order valence-electron chi connectivity index (χ2n) is 0.329. The summed E-state index contributed by atoms with van der Waals surface area (Å²) in [5, 5.41) is 0. The molecule has 0 aliphatic rings. The Morgan fingerprint density at radius 1 is 0.900 bits per heavy atom. The fourth-order valence-electron chi connectivity index (χ4n) is 0.0227. The van der Waals surface area contributed by atoms with Gasteiger partial charge in [-0.25, -0.2) is 0 Å². The second-order valence-corrected chi connectivity index (χ2v) is 1.80. The maximum atomic E-state index is 9.21. The van der Waals surface area contributed by atoms with Gasteiger partial charge >= 0.3 is 116 Å². The third-order valence-electron chi connectivity index (χ3n) is 0.111. The summed E-state index contributed by atoms with van der Waals surface area (Å²) < 4.78 is 39.1. The Kier molecular flexibility index (Phi) is 95.6. The molecule has 0 aromatic carbocycles. The Morgan fingerprint density at radius 3 is 1.10 bits per heavy atom. The molecule has 0 unspecified atom stereocenters. The van der Waals surface area contributed by atoms with Crippen molar-refractivity contribution < 1.29 is 18.8 Å². The van der Waals surface area contributed by atoms with E-state index in [9.17, 15) is 7.61 Å². The number of hydrogen-bond donors (Lipinski definition) is 0. The van der Waals surface area contributed by atoms with Gasteiger partial charge in [0.05, 0.1) is 0 Å². The molecule has 0 rings (SSSR count). The van der Waals surface area contributed by atoms with Crippen LogP contribution >= 0.6 is 0 Å². The quantitative estimate of drug-likeness (QED) is 0.474. The van der Waals surface area contributed by atoms with Gasteiger partial charge in [0, 0.05) is 0 Å². The van der Waals surface area contributed by atoms with Crippen LogP contribution in [-0.4, -0.2) is 108 Å². The molecule has 0 amide bonds. The molecule has 0 fully saturated rings. The van der Waals surface area contributed by atoms with E-state index < -0.39 is 31.0 Å². The summed E-state index contributed by atoms with van der Waals surface area (Å²) >= 11 is -2.23. The molecule has 6 nitrogen and oxygen atoms in total. The molecule has 0 aliphatic carbocycles. The van der Waals surface area contributed by atoms with Crippen LogP contribution in [0.5, 0.6) is 0 Å². The fraction of sp³-hybridized carbons (Fsp3) is 0. The minimum atomic E-state index is -1.24. The van der Waals surface area contributed by atoms with Crippen molar-refractivity contribution in [2.45, 2.75) is 0 Å². The molecule has 0 aliphatic heterocycles. The molecule has 0 atom stereocenters. The van der Waals surface area contributed by atoms with Gasteiger partial charge in [-0.05, 0) is 0 Å². The van der Waals surface area contributed by atoms with Gasteiger partial charge in [-0.1, -0.05) is 0 Å². The Labute approximate surface area is 119 Å². The molecule has 2 N–H and O–H groups in total. The Balaban J connectivity index is -0.0000000315. The van der Waals surface area contributed by atoms with Gasteiger partial charge in [-0.3, -0.25) is 0 Å². The first-order chi connectivity index (χ1) is 4.41. The minimum absolute atomic E-state index is 0. The Bertz CT molecular complexity index is 58.8. The zero-order chi connectivity index (χ0) is 8.12. The van der Waals surface area contributed by atoms with E-state index in [4.69, 9.17) is 2.87 Å². The van der Waals surface area contributed by atoms with Crippen molar-refractivity contribution in [2.75, 3.05) is 0 Å². The van der Waals surface area contributed by atoms with E-state index in [0.29, 0.717) is 0 Å². The SMILES string of the molecule is O.[O]=[Al][O][Al]=[O].[O]=[Ca].[O]=[Ca]. The molecule has 48 valence electrons. The number of rotatable bonds is 2. The average Bonchev–Trinajstić information content (AvgIpc) is 1.98. The summed E-state index contributed by atoms with van der Waals surface area (Å²) in [7, 11) is 0. The van der Waals surface area contributed by atoms with Crippen LogP contribution in [0.15, 0.2) is 0 Å². The molecule has 0 spiro atoms. The van der Waals surface area contributed by atoms with Crippen LogP contribution in [0.2, 0.25) is 0 Å². The predicted molar refractivity (Wildman–Crippen MR) is 30.5 cm³/mol. The van der Waals surface area contributed by atoms with Gasteiger partial charge in [0.2, 0.25) is 0 Å². The van der Waals surface area contributed by atoms with E-state index in [2.05, 4.69) is 2.84 Å². The zero-order valence-corrected chi connectivity index (χ0v) is 11.8. The van der Waals surface area contributed by atoms with Crippen LogP contribution in [0.25, 0.3) is 0 Å². The maximum absolute atomic E-state index is 9.21. The zero-order valence-electron chi connectivity index (χ0n) is 5.11. The molecule has 0 saturated heterocycles. The van der Waals surface area contributed by atoms with Gasteiger partial charge in [0.1, 0.15) is 0 Å². The van der Waals surface area contributed by atoms with Gasteiger partial charge in [0.25, 0.3) is 0 Å². The summed E-state index contributed by atoms with van der Waals surface area (Å²) in [5.74, 6) is 0. The molecule has 0 saturated carbocycles. The van der Waals surface area contributed by atoms with Crippen molar-refractivity contribution in [3.05, 3.63) is 0 Å². The van der Waals surface area contributed by atoms with Crippen molar-refractivity contribution in [3.63, 3.8) is 0 Å². The van der Waals surface area contributed by atoms with E-state index in [0.717, 1.165) is 0 Å². The summed E-state index contributed by atoms with van der Waals surface area (Å²) in [6, 6.07) is 0. The molecule has 0 aromatic rings. The molecule has 0 bridgehead atoms. The van der Waals surface area contributed by atoms with Crippen LogP contribution in [0.3, 0.4) is 0 Å². The topological polar surface area (TPSA) is 109 Å². The van der Waals surface area contributed by atoms with Crippen LogP contribution in [0.1, 0.15) is 0 Å². The summed E-state index contributed by atoms with van der Waals surface area (Å²) in [6.07, 6.45) is 0. The van der Waals surface area contributed by atoms with Crippen molar-refractivity contribution in [3.8, 4) is 0 Å². The summed E-state index contributed by atoms with van der Waals surface area (Å²) in [4.78, 5) is 0. The van der Waals surface area contributed by atoms with Gasteiger partial charge in [-0.15, -0.1) is 0 Å². The summed E-state index contributed by atoms with van der Waals surface area (Å²) in [5.41, 5.74) is 0. The third-order valence-corrected chi connectivity index (χ3v) is 1.00. The standard InChI is InChI=1S/2Al.2Ca.H2O.5O/h;;;;1H2;;;;;. The van der Waals surface area contributed by atoms with E-state index in [-0.39, 0.29) is 77.2 Å². The van der Waals surface area contributed by atoms with Gasteiger partial charge in [0.15, 0.2) is 0 Å². The molecule has 0 radical (unpaired) electrons. The van der Waals surface area contributed by atoms with E-state index in [1.807, 2.05) is 0 Å². The Hall–Kier alpha value is 2.54. The van der Waals surface area contributed by atoms with Crippen molar-refractivity contribution in [1.29, 1.82) is 0 Å². The van der Waals surface area contributed by atoms with Crippen LogP contribution in [0, 0.1) is 0 Å². The van der Waals surface area contributed by atoms with Crippen molar-refractivity contribution in [2.24, 2.45) is 0 Å². The molecular formula is H2Al2Ca2O6. The third kappa shape index (κ3) is 46.5. The average molecular weight is 232 g/mol. The second kappa shape index (κ2) is 41.8. The van der Waals surface area contributed by atoms with Crippen molar-refractivity contribution >= 4 is 103 Å². The van der Waals surface area contributed by atoms with Crippen LogP contribution < -0.4 is 0 Å². The molecule has 10 heteroatoms. The van der Waals surface area contributed by atoms with E-state index in [1.54, 1.807) is 0 Å². The monoisotopic (exact) mass is 232 g/mol. The fourth-order valence-corrected chi connectivity index (χ4v) is 0.204. The van der Waals surface area contributed by atoms with Crippen LogP contribution in [0.4, 0.5) is 0 Å². The first-order valence-electron chi connectivity index (χ1n) is 1.52. The molecule has 10 heavy (non-hydrogen) atoms. The van der Waals surface area contributed by atoms with Crippen LogP contribution in [-0.2, 0) is 13.3 Å². The summed E-state index contributed by atoms with van der Waals surface area (Å²) in [6.45, 7) is 0. The molecule has 0 aromatic heterocycles.